The molecule has 0 aliphatic rings. The molecule has 0 amide bonds. The number of carbonyl (C=O) groups excluding carboxylic acids is 1. The van der Waals surface area contributed by atoms with E-state index < -0.39 is 5.97 Å². The average molecular weight is 314 g/mol. The fraction of sp³-hybridized carbons (Fsp3) is 0.188. The van der Waals surface area contributed by atoms with Gasteiger partial charge in [0.15, 0.2) is 12.4 Å². The van der Waals surface area contributed by atoms with Crippen LogP contribution in [-0.4, -0.2) is 23.3 Å². The van der Waals surface area contributed by atoms with Gasteiger partial charge in [0.25, 0.3) is 11.8 Å². The van der Waals surface area contributed by atoms with Crippen molar-refractivity contribution >= 4 is 5.97 Å². The molecule has 23 heavy (non-hydrogen) atoms. The summed E-state index contributed by atoms with van der Waals surface area (Å²) in [4.78, 5) is 12.0. The largest absolute Gasteiger partial charge is 0.496 e. The van der Waals surface area contributed by atoms with Crippen molar-refractivity contribution in [3.8, 4) is 17.4 Å². The molecule has 0 radical (unpaired) electrons. The molecule has 0 fully saturated rings. The van der Waals surface area contributed by atoms with E-state index in [1.807, 2.05) is 6.92 Å². The molecule has 7 heteroatoms. The van der Waals surface area contributed by atoms with Gasteiger partial charge in [0.05, 0.1) is 18.9 Å². The van der Waals surface area contributed by atoms with E-state index in [1.165, 1.54) is 6.26 Å². The van der Waals surface area contributed by atoms with Crippen LogP contribution in [0.1, 0.15) is 21.8 Å². The fourth-order valence-electron chi connectivity index (χ4n) is 1.97. The molecular formula is C16H14N2O5. The molecule has 3 aromatic rings. The van der Waals surface area contributed by atoms with Gasteiger partial charge in [0.1, 0.15) is 5.75 Å². The lowest BCUT2D eigenvalue weighted by Crippen LogP contribution is -2.06. The van der Waals surface area contributed by atoms with Crippen molar-refractivity contribution in [2.75, 3.05) is 7.11 Å². The van der Waals surface area contributed by atoms with E-state index in [2.05, 4.69) is 10.2 Å². The average Bonchev–Trinajstić information content (AvgIpc) is 3.24. The van der Waals surface area contributed by atoms with Crippen LogP contribution >= 0.6 is 0 Å². The van der Waals surface area contributed by atoms with Crippen molar-refractivity contribution in [3.05, 3.63) is 53.6 Å². The van der Waals surface area contributed by atoms with Crippen molar-refractivity contribution in [3.63, 3.8) is 0 Å². The van der Waals surface area contributed by atoms with Crippen LogP contribution in [0.25, 0.3) is 11.7 Å². The lowest BCUT2D eigenvalue weighted by molar-refractivity contribution is 0.0438. The molecule has 2 heterocycles. The van der Waals surface area contributed by atoms with Crippen molar-refractivity contribution in [2.45, 2.75) is 13.5 Å². The highest BCUT2D eigenvalue weighted by atomic mass is 16.5. The van der Waals surface area contributed by atoms with Gasteiger partial charge < -0.3 is 18.3 Å². The Morgan fingerprint density at radius 2 is 2.13 bits per heavy atom. The van der Waals surface area contributed by atoms with Gasteiger partial charge in [-0.1, -0.05) is 6.07 Å². The van der Waals surface area contributed by atoms with Gasteiger partial charge in [-0.25, -0.2) is 4.79 Å². The van der Waals surface area contributed by atoms with Crippen molar-refractivity contribution in [1.29, 1.82) is 0 Å². The number of ether oxygens (including phenoxy) is 2. The van der Waals surface area contributed by atoms with Gasteiger partial charge in [-0.2, -0.15) is 0 Å². The molecule has 0 aliphatic heterocycles. The maximum Gasteiger partial charge on any atom is 0.338 e. The number of nitrogens with zero attached hydrogens (tertiary/aromatic N) is 2. The molecule has 0 aliphatic carbocycles. The summed E-state index contributed by atoms with van der Waals surface area (Å²) in [5.41, 5.74) is 1.32. The summed E-state index contributed by atoms with van der Waals surface area (Å²) in [5, 5.41) is 7.63. The highest BCUT2D eigenvalue weighted by Gasteiger charge is 2.14. The third-order valence-electron chi connectivity index (χ3n) is 3.17. The standard InChI is InChI=1S/C16H14N2O5/c1-10-5-6-11(8-13(10)20-2)16(19)22-9-14-17-18-15(23-14)12-4-3-7-21-12/h3-8H,9H2,1-2H3. The molecule has 1 aromatic carbocycles. The first-order chi connectivity index (χ1) is 11.2. The number of esters is 1. The number of aryl methyl sites for hydroxylation is 1. The van der Waals surface area contributed by atoms with Gasteiger partial charge in [-0.05, 0) is 36.8 Å². The first-order valence-electron chi connectivity index (χ1n) is 6.85. The van der Waals surface area contributed by atoms with Gasteiger partial charge in [-0.3, -0.25) is 0 Å². The molecule has 0 saturated heterocycles. The fourth-order valence-corrected chi connectivity index (χ4v) is 1.97. The van der Waals surface area contributed by atoms with Crippen LogP contribution in [0.2, 0.25) is 0 Å². The molecule has 0 unspecified atom stereocenters. The van der Waals surface area contributed by atoms with Crippen LogP contribution < -0.4 is 4.74 Å². The van der Waals surface area contributed by atoms with Crippen LogP contribution in [0, 0.1) is 6.92 Å². The smallest absolute Gasteiger partial charge is 0.338 e. The van der Waals surface area contributed by atoms with Crippen molar-refractivity contribution < 1.29 is 23.1 Å². The predicted molar refractivity (Wildman–Crippen MR) is 78.9 cm³/mol. The van der Waals surface area contributed by atoms with E-state index in [0.29, 0.717) is 17.1 Å². The zero-order valence-corrected chi connectivity index (χ0v) is 12.6. The Balaban J connectivity index is 1.65. The summed E-state index contributed by atoms with van der Waals surface area (Å²) in [5.74, 6) is 0.999. The van der Waals surface area contributed by atoms with Gasteiger partial charge in [-0.15, -0.1) is 10.2 Å². The molecule has 0 spiro atoms. The second-order valence-electron chi connectivity index (χ2n) is 4.74. The number of rotatable bonds is 5. The van der Waals surface area contributed by atoms with E-state index in [9.17, 15) is 4.79 Å². The Kier molecular flexibility index (Phi) is 4.09. The Bertz CT molecular complexity index is 808. The molecule has 0 saturated carbocycles. The summed E-state index contributed by atoms with van der Waals surface area (Å²) in [6, 6.07) is 8.49. The predicted octanol–water partition coefficient (Wildman–Crippen LogP) is 3.00. The van der Waals surface area contributed by atoms with Crippen molar-refractivity contribution in [2.24, 2.45) is 0 Å². The van der Waals surface area contributed by atoms with E-state index >= 15 is 0 Å². The van der Waals surface area contributed by atoms with Gasteiger partial charge in [0, 0.05) is 0 Å². The Labute approximate surface area is 131 Å². The minimum Gasteiger partial charge on any atom is -0.496 e. The van der Waals surface area contributed by atoms with Gasteiger partial charge in [0.2, 0.25) is 0 Å². The first kappa shape index (κ1) is 14.8. The lowest BCUT2D eigenvalue weighted by atomic mass is 10.1. The number of hydrogen-bond donors (Lipinski definition) is 0. The third-order valence-corrected chi connectivity index (χ3v) is 3.17. The highest BCUT2D eigenvalue weighted by Crippen LogP contribution is 2.21. The second kappa shape index (κ2) is 6.35. The maximum atomic E-state index is 12.0. The van der Waals surface area contributed by atoms with Crippen LogP contribution in [-0.2, 0) is 11.3 Å². The van der Waals surface area contributed by atoms with E-state index in [-0.39, 0.29) is 18.4 Å². The number of carbonyl (C=O) groups is 1. The summed E-state index contributed by atoms with van der Waals surface area (Å²) in [6.07, 6.45) is 1.50. The van der Waals surface area contributed by atoms with Crippen LogP contribution in [0.3, 0.4) is 0 Å². The number of furan rings is 1. The van der Waals surface area contributed by atoms with E-state index in [0.717, 1.165) is 5.56 Å². The lowest BCUT2D eigenvalue weighted by Gasteiger charge is -2.07. The zero-order chi connectivity index (χ0) is 16.2. The number of aromatic nitrogens is 2. The van der Waals surface area contributed by atoms with Crippen LogP contribution in [0.5, 0.6) is 5.75 Å². The minimum absolute atomic E-state index is 0.122. The van der Waals surface area contributed by atoms with E-state index in [1.54, 1.807) is 37.4 Å². The Morgan fingerprint density at radius 1 is 1.26 bits per heavy atom. The van der Waals surface area contributed by atoms with E-state index in [4.69, 9.17) is 18.3 Å². The molecule has 0 N–H and O–H groups in total. The normalized spacial score (nSPS) is 10.5. The Hall–Kier alpha value is -3.09. The van der Waals surface area contributed by atoms with Crippen LogP contribution in [0.15, 0.2) is 45.4 Å². The third kappa shape index (κ3) is 3.23. The molecule has 118 valence electrons. The highest BCUT2D eigenvalue weighted by molar-refractivity contribution is 5.90. The van der Waals surface area contributed by atoms with Gasteiger partial charge >= 0.3 is 5.97 Å². The monoisotopic (exact) mass is 314 g/mol. The minimum atomic E-state index is -0.499. The zero-order valence-electron chi connectivity index (χ0n) is 12.6. The Morgan fingerprint density at radius 3 is 2.87 bits per heavy atom. The van der Waals surface area contributed by atoms with Crippen LogP contribution in [0.4, 0.5) is 0 Å². The number of methoxy groups -OCH3 is 1. The molecule has 3 rings (SSSR count). The molecule has 2 aromatic heterocycles. The molecule has 0 atom stereocenters. The summed E-state index contributed by atoms with van der Waals surface area (Å²) >= 11 is 0. The topological polar surface area (TPSA) is 87.6 Å². The molecular weight excluding hydrogens is 300 g/mol. The summed E-state index contributed by atoms with van der Waals surface area (Å²) in [6.45, 7) is 1.77. The molecule has 7 nitrogen and oxygen atoms in total. The summed E-state index contributed by atoms with van der Waals surface area (Å²) < 4.78 is 20.9. The first-order valence-corrected chi connectivity index (χ1v) is 6.85. The van der Waals surface area contributed by atoms with Crippen molar-refractivity contribution in [1.82, 2.24) is 10.2 Å². The molecule has 0 bridgehead atoms. The maximum absolute atomic E-state index is 12.0. The second-order valence-corrected chi connectivity index (χ2v) is 4.74. The SMILES string of the molecule is COc1cc(C(=O)OCc2nnc(-c3ccco3)o2)ccc1C. The number of hydrogen-bond acceptors (Lipinski definition) is 7. The summed E-state index contributed by atoms with van der Waals surface area (Å²) in [7, 11) is 1.55. The number of benzene rings is 1. The quantitative estimate of drug-likeness (QED) is 0.669.